The molecule has 5 nitrogen and oxygen atoms in total. The van der Waals surface area contributed by atoms with Gasteiger partial charge in [-0.1, -0.05) is 121 Å². The Morgan fingerprint density at radius 1 is 0.400 bits per heavy atom. The van der Waals surface area contributed by atoms with Crippen molar-refractivity contribution < 1.29 is 0 Å². The number of nitrogens with zero attached hydrogens (tertiary/aromatic N) is 5. The van der Waals surface area contributed by atoms with E-state index in [0.29, 0.717) is 17.5 Å². The van der Waals surface area contributed by atoms with E-state index in [1.807, 2.05) is 66.7 Å². The number of aromatic nitrogens is 5. The molecule has 0 radical (unpaired) electrons. The summed E-state index contributed by atoms with van der Waals surface area (Å²) in [7, 11) is 0. The quantitative estimate of drug-likeness (QED) is 0.232. The first-order valence-corrected chi connectivity index (χ1v) is 13.1. The number of hydrogen-bond donors (Lipinski definition) is 0. The van der Waals surface area contributed by atoms with Gasteiger partial charge in [0.15, 0.2) is 17.5 Å². The van der Waals surface area contributed by atoms with Crippen LogP contribution in [0.2, 0.25) is 0 Å². The molecule has 0 amide bonds. The molecule has 5 heteroatoms. The first-order chi connectivity index (χ1) is 19.8. The standard InChI is InChI=1S/C35H23N5/c1-3-9-27(10-4-1)33-38-34(28-11-5-2-6-12-28)40-35(39-33)30-16-8-14-26-13-7-15-29(32(26)30)24-17-19-25(20-18-24)31-21-22-36-23-37-31/h1-23H. The van der Waals surface area contributed by atoms with Gasteiger partial charge in [-0.05, 0) is 22.6 Å². The summed E-state index contributed by atoms with van der Waals surface area (Å²) < 4.78 is 0. The third kappa shape index (κ3) is 4.50. The van der Waals surface area contributed by atoms with Crippen LogP contribution < -0.4 is 0 Å². The van der Waals surface area contributed by atoms with Crippen molar-refractivity contribution in [1.29, 1.82) is 0 Å². The Morgan fingerprint density at radius 2 is 0.975 bits per heavy atom. The average Bonchev–Trinajstić information content (AvgIpc) is 3.05. The van der Waals surface area contributed by atoms with E-state index < -0.39 is 0 Å². The van der Waals surface area contributed by atoms with Crippen LogP contribution in [0.15, 0.2) is 140 Å². The maximum atomic E-state index is 5.00. The molecule has 0 unspecified atom stereocenters. The van der Waals surface area contributed by atoms with Crippen molar-refractivity contribution >= 4 is 10.8 Å². The molecule has 0 saturated carbocycles. The zero-order chi connectivity index (χ0) is 26.7. The fourth-order valence-electron chi connectivity index (χ4n) is 4.98. The lowest BCUT2D eigenvalue weighted by Crippen LogP contribution is -2.00. The lowest BCUT2D eigenvalue weighted by atomic mass is 9.93. The van der Waals surface area contributed by atoms with Gasteiger partial charge in [-0.2, -0.15) is 0 Å². The Bertz CT molecular complexity index is 1860. The third-order valence-corrected chi connectivity index (χ3v) is 6.92. The SMILES string of the molecule is c1ccc(-c2nc(-c3ccccc3)nc(-c3cccc4cccc(-c5ccc(-c6ccncn6)cc5)c34)n2)cc1. The molecule has 0 saturated heterocycles. The second kappa shape index (κ2) is 10.3. The lowest BCUT2D eigenvalue weighted by Gasteiger charge is -2.14. The van der Waals surface area contributed by atoms with Gasteiger partial charge in [0, 0.05) is 33.8 Å². The van der Waals surface area contributed by atoms with E-state index in [2.05, 4.69) is 70.6 Å². The fourth-order valence-corrected chi connectivity index (χ4v) is 4.98. The molecule has 40 heavy (non-hydrogen) atoms. The minimum Gasteiger partial charge on any atom is -0.245 e. The molecule has 7 aromatic rings. The van der Waals surface area contributed by atoms with E-state index in [1.165, 1.54) is 0 Å². The van der Waals surface area contributed by atoms with Crippen LogP contribution in [0.4, 0.5) is 0 Å². The summed E-state index contributed by atoms with van der Waals surface area (Å²) in [4.78, 5) is 23.3. The van der Waals surface area contributed by atoms with Gasteiger partial charge in [0.1, 0.15) is 6.33 Å². The van der Waals surface area contributed by atoms with Crippen molar-refractivity contribution in [3.8, 4) is 56.5 Å². The molecule has 0 N–H and O–H groups in total. The van der Waals surface area contributed by atoms with Gasteiger partial charge >= 0.3 is 0 Å². The normalized spacial score (nSPS) is 11.0. The van der Waals surface area contributed by atoms with Crippen LogP contribution in [0.25, 0.3) is 67.3 Å². The molecule has 2 heterocycles. The number of benzene rings is 5. The van der Waals surface area contributed by atoms with E-state index in [4.69, 9.17) is 15.0 Å². The number of fused-ring (bicyclic) bond motifs is 1. The highest BCUT2D eigenvalue weighted by Gasteiger charge is 2.16. The molecule has 188 valence electrons. The van der Waals surface area contributed by atoms with Crippen molar-refractivity contribution in [1.82, 2.24) is 24.9 Å². The zero-order valence-electron chi connectivity index (χ0n) is 21.5. The Hall–Kier alpha value is -5.55. The van der Waals surface area contributed by atoms with Gasteiger partial charge in [-0.15, -0.1) is 0 Å². The average molecular weight is 514 g/mol. The molecular formula is C35H23N5. The first-order valence-electron chi connectivity index (χ1n) is 13.1. The van der Waals surface area contributed by atoms with E-state index in [0.717, 1.165) is 49.8 Å². The van der Waals surface area contributed by atoms with Crippen LogP contribution in [0.1, 0.15) is 0 Å². The largest absolute Gasteiger partial charge is 0.245 e. The van der Waals surface area contributed by atoms with Crippen molar-refractivity contribution in [3.63, 3.8) is 0 Å². The predicted molar refractivity (Wildman–Crippen MR) is 160 cm³/mol. The van der Waals surface area contributed by atoms with E-state index >= 15 is 0 Å². The van der Waals surface area contributed by atoms with E-state index in [-0.39, 0.29) is 0 Å². The summed E-state index contributed by atoms with van der Waals surface area (Å²) in [5.41, 5.74) is 7.02. The highest BCUT2D eigenvalue weighted by molar-refractivity contribution is 6.05. The fraction of sp³-hybridized carbons (Fsp3) is 0. The van der Waals surface area contributed by atoms with Crippen LogP contribution in [-0.4, -0.2) is 24.9 Å². The van der Waals surface area contributed by atoms with Gasteiger partial charge in [0.25, 0.3) is 0 Å². The number of rotatable bonds is 5. The lowest BCUT2D eigenvalue weighted by molar-refractivity contribution is 1.08. The van der Waals surface area contributed by atoms with Crippen LogP contribution in [0.5, 0.6) is 0 Å². The second-order valence-electron chi connectivity index (χ2n) is 9.42. The molecule has 0 fully saturated rings. The Balaban J connectivity index is 1.42. The predicted octanol–water partition coefficient (Wildman–Crippen LogP) is 8.15. The maximum Gasteiger partial charge on any atom is 0.164 e. The summed E-state index contributed by atoms with van der Waals surface area (Å²) >= 11 is 0. The second-order valence-corrected chi connectivity index (χ2v) is 9.42. The van der Waals surface area contributed by atoms with Gasteiger partial charge in [0.2, 0.25) is 0 Å². The van der Waals surface area contributed by atoms with Crippen LogP contribution >= 0.6 is 0 Å². The van der Waals surface area contributed by atoms with Crippen molar-refractivity contribution in [3.05, 3.63) is 140 Å². The van der Waals surface area contributed by atoms with Crippen molar-refractivity contribution in [2.75, 3.05) is 0 Å². The highest BCUT2D eigenvalue weighted by Crippen LogP contribution is 2.37. The van der Waals surface area contributed by atoms with E-state index in [1.54, 1.807) is 12.5 Å². The molecular weight excluding hydrogens is 490 g/mol. The van der Waals surface area contributed by atoms with Crippen LogP contribution in [0.3, 0.4) is 0 Å². The smallest absolute Gasteiger partial charge is 0.164 e. The van der Waals surface area contributed by atoms with Gasteiger partial charge in [0.05, 0.1) is 5.69 Å². The van der Waals surface area contributed by atoms with Gasteiger partial charge < -0.3 is 0 Å². The third-order valence-electron chi connectivity index (χ3n) is 6.92. The Kier molecular flexibility index (Phi) is 6.07. The molecule has 5 aromatic carbocycles. The van der Waals surface area contributed by atoms with Gasteiger partial charge in [-0.25, -0.2) is 24.9 Å². The highest BCUT2D eigenvalue weighted by atomic mass is 15.0. The maximum absolute atomic E-state index is 5.00. The van der Waals surface area contributed by atoms with Crippen molar-refractivity contribution in [2.45, 2.75) is 0 Å². The van der Waals surface area contributed by atoms with E-state index in [9.17, 15) is 0 Å². The minimum atomic E-state index is 0.642. The summed E-state index contributed by atoms with van der Waals surface area (Å²) in [5, 5.41) is 2.22. The zero-order valence-corrected chi connectivity index (χ0v) is 21.5. The molecule has 0 aliphatic heterocycles. The molecule has 7 rings (SSSR count). The first kappa shape index (κ1) is 23.6. The van der Waals surface area contributed by atoms with Crippen molar-refractivity contribution in [2.24, 2.45) is 0 Å². The Morgan fingerprint density at radius 3 is 1.57 bits per heavy atom. The molecule has 0 spiro atoms. The van der Waals surface area contributed by atoms with Gasteiger partial charge in [-0.3, -0.25) is 0 Å². The molecule has 0 aliphatic rings. The number of hydrogen-bond acceptors (Lipinski definition) is 5. The summed E-state index contributed by atoms with van der Waals surface area (Å²) in [6, 6.07) is 43.2. The minimum absolute atomic E-state index is 0.642. The molecule has 2 aromatic heterocycles. The molecule has 0 aliphatic carbocycles. The summed E-state index contributed by atoms with van der Waals surface area (Å²) in [6.07, 6.45) is 3.33. The summed E-state index contributed by atoms with van der Waals surface area (Å²) in [6.45, 7) is 0. The van der Waals surface area contributed by atoms with Crippen LogP contribution in [0, 0.1) is 0 Å². The van der Waals surface area contributed by atoms with Crippen LogP contribution in [-0.2, 0) is 0 Å². The summed E-state index contributed by atoms with van der Waals surface area (Å²) in [5.74, 6) is 1.93. The topological polar surface area (TPSA) is 64.5 Å². The molecule has 0 bridgehead atoms. The Labute approximate surface area is 231 Å². The molecule has 0 atom stereocenters. The monoisotopic (exact) mass is 513 g/mol.